The van der Waals surface area contributed by atoms with Gasteiger partial charge in [0.05, 0.1) is 0 Å². The Hall–Kier alpha value is -2.49. The van der Waals surface area contributed by atoms with Crippen LogP contribution in [0.25, 0.3) is 0 Å². The zero-order valence-corrected chi connectivity index (χ0v) is 9.88. The van der Waals surface area contributed by atoms with Gasteiger partial charge in [0, 0.05) is 11.3 Å². The van der Waals surface area contributed by atoms with Crippen molar-refractivity contribution in [2.45, 2.75) is 6.92 Å². The van der Waals surface area contributed by atoms with Crippen LogP contribution in [0.4, 0.5) is 5.69 Å². The Morgan fingerprint density at radius 1 is 1.17 bits per heavy atom. The Balaban J connectivity index is 2.48. The van der Waals surface area contributed by atoms with Crippen LogP contribution in [0.2, 0.25) is 0 Å². The van der Waals surface area contributed by atoms with Crippen LogP contribution >= 0.6 is 0 Å². The van der Waals surface area contributed by atoms with E-state index in [0.29, 0.717) is 17.0 Å². The van der Waals surface area contributed by atoms with Gasteiger partial charge in [0.15, 0.2) is 0 Å². The maximum Gasteiger partial charge on any atom is 0.339 e. The highest BCUT2D eigenvalue weighted by Crippen LogP contribution is 2.32. The molecule has 0 aliphatic heterocycles. The molecule has 0 saturated carbocycles. The molecular formula is C14H13NO3. The summed E-state index contributed by atoms with van der Waals surface area (Å²) in [6, 6.07) is 12.0. The Labute approximate surface area is 105 Å². The first kappa shape index (κ1) is 12.0. The average Bonchev–Trinajstić information content (AvgIpc) is 2.36. The van der Waals surface area contributed by atoms with Crippen molar-refractivity contribution < 1.29 is 14.6 Å². The molecule has 2 aromatic rings. The number of nitrogens with two attached hydrogens (primary N) is 1. The highest BCUT2D eigenvalue weighted by atomic mass is 16.5. The fourth-order valence-electron chi connectivity index (χ4n) is 1.61. The summed E-state index contributed by atoms with van der Waals surface area (Å²) < 4.78 is 5.62. The number of carboxylic acids is 1. The molecule has 3 N–H and O–H groups in total. The number of hydrogen-bond donors (Lipinski definition) is 2. The van der Waals surface area contributed by atoms with Gasteiger partial charge in [-0.25, -0.2) is 4.79 Å². The van der Waals surface area contributed by atoms with E-state index in [4.69, 9.17) is 15.6 Å². The lowest BCUT2D eigenvalue weighted by atomic mass is 10.1. The third-order valence-corrected chi connectivity index (χ3v) is 2.64. The van der Waals surface area contributed by atoms with Crippen molar-refractivity contribution >= 4 is 11.7 Å². The van der Waals surface area contributed by atoms with Gasteiger partial charge in [-0.3, -0.25) is 0 Å². The van der Waals surface area contributed by atoms with Gasteiger partial charge in [-0.2, -0.15) is 0 Å². The average molecular weight is 243 g/mol. The first-order valence-corrected chi connectivity index (χ1v) is 5.45. The molecule has 0 aliphatic carbocycles. The Morgan fingerprint density at radius 2 is 1.83 bits per heavy atom. The molecule has 0 fully saturated rings. The Kier molecular flexibility index (Phi) is 3.19. The molecule has 2 aromatic carbocycles. The summed E-state index contributed by atoms with van der Waals surface area (Å²) in [7, 11) is 0. The number of benzene rings is 2. The van der Waals surface area contributed by atoms with Crippen LogP contribution in [0, 0.1) is 6.92 Å². The van der Waals surface area contributed by atoms with Crippen molar-refractivity contribution in [1.82, 2.24) is 0 Å². The van der Waals surface area contributed by atoms with Crippen LogP contribution in [0.1, 0.15) is 15.9 Å². The predicted octanol–water partition coefficient (Wildman–Crippen LogP) is 3.07. The number of aromatic carboxylic acids is 1. The molecule has 0 spiro atoms. The van der Waals surface area contributed by atoms with E-state index in [-0.39, 0.29) is 11.3 Å². The zero-order valence-electron chi connectivity index (χ0n) is 9.88. The largest absolute Gasteiger partial charge is 0.478 e. The normalized spacial score (nSPS) is 10.1. The number of nitrogen functional groups attached to an aromatic ring is 1. The second kappa shape index (κ2) is 4.79. The minimum absolute atomic E-state index is 0.102. The Morgan fingerprint density at radius 3 is 2.44 bits per heavy atom. The summed E-state index contributed by atoms with van der Waals surface area (Å²) in [5.41, 5.74) is 7.00. The standard InChI is InChI=1S/C14H13NO3/c1-9-12(15)8-7-11(14(16)17)13(9)18-10-5-3-2-4-6-10/h2-8H,15H2,1H3,(H,16,17). The van der Waals surface area contributed by atoms with Crippen LogP contribution in [-0.2, 0) is 0 Å². The van der Waals surface area contributed by atoms with Crippen LogP contribution in [0.3, 0.4) is 0 Å². The maximum atomic E-state index is 11.2. The predicted molar refractivity (Wildman–Crippen MR) is 69.1 cm³/mol. The molecular weight excluding hydrogens is 230 g/mol. The molecule has 0 heterocycles. The molecule has 4 heteroatoms. The zero-order chi connectivity index (χ0) is 13.1. The van der Waals surface area contributed by atoms with Gasteiger partial charge >= 0.3 is 5.97 Å². The molecule has 0 saturated heterocycles. The van der Waals surface area contributed by atoms with Crippen molar-refractivity contribution in [3.8, 4) is 11.5 Å². The lowest BCUT2D eigenvalue weighted by Crippen LogP contribution is -2.03. The van der Waals surface area contributed by atoms with E-state index < -0.39 is 5.97 Å². The molecule has 0 atom stereocenters. The van der Waals surface area contributed by atoms with Crippen molar-refractivity contribution in [3.05, 3.63) is 53.6 Å². The number of carboxylic acid groups (broad SMARTS) is 1. The molecule has 0 radical (unpaired) electrons. The number of rotatable bonds is 3. The van der Waals surface area contributed by atoms with Gasteiger partial charge in [-0.1, -0.05) is 18.2 Å². The lowest BCUT2D eigenvalue weighted by molar-refractivity contribution is 0.0694. The number of hydrogen-bond acceptors (Lipinski definition) is 3. The Bertz CT molecular complexity index is 579. The smallest absolute Gasteiger partial charge is 0.339 e. The van der Waals surface area contributed by atoms with Gasteiger partial charge in [0.2, 0.25) is 0 Å². The fourth-order valence-corrected chi connectivity index (χ4v) is 1.61. The highest BCUT2D eigenvalue weighted by Gasteiger charge is 2.16. The van der Waals surface area contributed by atoms with Gasteiger partial charge in [-0.15, -0.1) is 0 Å². The lowest BCUT2D eigenvalue weighted by Gasteiger charge is -2.13. The third-order valence-electron chi connectivity index (χ3n) is 2.64. The van der Waals surface area contributed by atoms with Crippen molar-refractivity contribution in [1.29, 1.82) is 0 Å². The molecule has 0 unspecified atom stereocenters. The third kappa shape index (κ3) is 2.27. The summed E-state index contributed by atoms with van der Waals surface area (Å²) in [6.07, 6.45) is 0. The second-order valence-electron chi connectivity index (χ2n) is 3.88. The summed E-state index contributed by atoms with van der Waals surface area (Å²) >= 11 is 0. The van der Waals surface area contributed by atoms with Crippen LogP contribution < -0.4 is 10.5 Å². The number of para-hydroxylation sites is 1. The summed E-state index contributed by atoms with van der Waals surface area (Å²) in [4.78, 5) is 11.2. The summed E-state index contributed by atoms with van der Waals surface area (Å²) in [5, 5.41) is 9.14. The van der Waals surface area contributed by atoms with E-state index in [2.05, 4.69) is 0 Å². The molecule has 0 aliphatic rings. The van der Waals surface area contributed by atoms with Gasteiger partial charge in [0.1, 0.15) is 17.1 Å². The molecule has 92 valence electrons. The van der Waals surface area contributed by atoms with Crippen molar-refractivity contribution in [2.24, 2.45) is 0 Å². The SMILES string of the molecule is Cc1c(N)ccc(C(=O)O)c1Oc1ccccc1. The van der Waals surface area contributed by atoms with E-state index in [1.165, 1.54) is 6.07 Å². The van der Waals surface area contributed by atoms with E-state index >= 15 is 0 Å². The van der Waals surface area contributed by atoms with Crippen molar-refractivity contribution in [2.75, 3.05) is 5.73 Å². The van der Waals surface area contributed by atoms with Crippen LogP contribution in [-0.4, -0.2) is 11.1 Å². The first-order valence-electron chi connectivity index (χ1n) is 5.45. The van der Waals surface area contributed by atoms with Crippen LogP contribution in [0.5, 0.6) is 11.5 Å². The van der Waals surface area contributed by atoms with Crippen LogP contribution in [0.15, 0.2) is 42.5 Å². The van der Waals surface area contributed by atoms with Gasteiger partial charge < -0.3 is 15.6 Å². The molecule has 0 aromatic heterocycles. The van der Waals surface area contributed by atoms with E-state index in [1.54, 1.807) is 25.1 Å². The molecule has 4 nitrogen and oxygen atoms in total. The topological polar surface area (TPSA) is 72.6 Å². The van der Waals surface area contributed by atoms with Gasteiger partial charge in [0.25, 0.3) is 0 Å². The molecule has 0 bridgehead atoms. The number of ether oxygens (including phenoxy) is 1. The molecule has 0 amide bonds. The number of carbonyl (C=O) groups is 1. The number of anilines is 1. The first-order chi connectivity index (χ1) is 8.59. The molecule has 18 heavy (non-hydrogen) atoms. The van der Waals surface area contributed by atoms with Gasteiger partial charge in [-0.05, 0) is 31.2 Å². The minimum atomic E-state index is -1.04. The second-order valence-corrected chi connectivity index (χ2v) is 3.88. The van der Waals surface area contributed by atoms with E-state index in [0.717, 1.165) is 0 Å². The van der Waals surface area contributed by atoms with Crippen molar-refractivity contribution in [3.63, 3.8) is 0 Å². The molecule has 2 rings (SSSR count). The van der Waals surface area contributed by atoms with E-state index in [1.807, 2.05) is 18.2 Å². The highest BCUT2D eigenvalue weighted by molar-refractivity contribution is 5.92. The maximum absolute atomic E-state index is 11.2. The monoisotopic (exact) mass is 243 g/mol. The fraction of sp³-hybridized carbons (Fsp3) is 0.0714. The van der Waals surface area contributed by atoms with E-state index in [9.17, 15) is 4.79 Å². The summed E-state index contributed by atoms with van der Waals surface area (Å²) in [6.45, 7) is 1.74. The minimum Gasteiger partial charge on any atom is -0.478 e. The summed E-state index contributed by atoms with van der Waals surface area (Å²) in [5.74, 6) is -0.175. The quantitative estimate of drug-likeness (QED) is 0.812.